The molecule has 0 bridgehead atoms. The Bertz CT molecular complexity index is 394. The maximum absolute atomic E-state index is 14.3. The largest absolute Gasteiger partial charge is 0.329 e. The van der Waals surface area contributed by atoms with E-state index in [0.717, 1.165) is 12.8 Å². The lowest BCUT2D eigenvalue weighted by Gasteiger charge is -2.41. The quantitative estimate of drug-likeness (QED) is 0.910. The van der Waals surface area contributed by atoms with Crippen LogP contribution in [0, 0.1) is 5.92 Å². The molecule has 2 atom stereocenters. The van der Waals surface area contributed by atoms with Crippen LogP contribution in [0.25, 0.3) is 0 Å². The van der Waals surface area contributed by atoms with Crippen molar-refractivity contribution in [3.63, 3.8) is 0 Å². The van der Waals surface area contributed by atoms with Crippen molar-refractivity contribution in [2.45, 2.75) is 31.7 Å². The minimum absolute atomic E-state index is 0.0725. The van der Waals surface area contributed by atoms with Crippen molar-refractivity contribution in [2.75, 3.05) is 19.6 Å². The molecule has 19 heavy (non-hydrogen) atoms. The predicted octanol–water partition coefficient (Wildman–Crippen LogP) is 2.84. The number of piperidine rings is 1. The second-order valence-electron chi connectivity index (χ2n) is 5.46. The summed E-state index contributed by atoms with van der Waals surface area (Å²) in [4.78, 5) is 1.86. The summed E-state index contributed by atoms with van der Waals surface area (Å²) in [5.74, 6) is -2.42. The first kappa shape index (κ1) is 14.4. The molecule has 1 heterocycles. The maximum Gasteiger partial charge on any atom is 0.285 e. The van der Waals surface area contributed by atoms with Gasteiger partial charge in [-0.05, 0) is 25.3 Å². The third kappa shape index (κ3) is 3.31. The number of nitrogens with two attached hydrogens (primary N) is 1. The Kier molecular flexibility index (Phi) is 4.53. The fraction of sp³-hybridized carbons (Fsp3) is 0.600. The first-order valence-corrected chi connectivity index (χ1v) is 6.92. The van der Waals surface area contributed by atoms with Crippen LogP contribution < -0.4 is 5.73 Å². The molecule has 1 fully saturated rings. The molecule has 0 aromatic heterocycles. The summed E-state index contributed by atoms with van der Waals surface area (Å²) < 4.78 is 28.6. The van der Waals surface area contributed by atoms with Crippen LogP contribution in [0.1, 0.15) is 25.3 Å². The van der Waals surface area contributed by atoms with E-state index in [1.165, 1.54) is 12.1 Å². The lowest BCUT2D eigenvalue weighted by molar-refractivity contribution is -0.0602. The van der Waals surface area contributed by atoms with E-state index in [0.29, 0.717) is 19.0 Å². The van der Waals surface area contributed by atoms with Gasteiger partial charge in [0.25, 0.3) is 5.92 Å². The van der Waals surface area contributed by atoms with E-state index < -0.39 is 5.92 Å². The van der Waals surface area contributed by atoms with E-state index in [1.54, 1.807) is 18.2 Å². The Morgan fingerprint density at radius 3 is 2.63 bits per heavy atom. The Labute approximate surface area is 113 Å². The summed E-state index contributed by atoms with van der Waals surface area (Å²) in [5.41, 5.74) is 5.84. The van der Waals surface area contributed by atoms with Crippen LogP contribution in [0.15, 0.2) is 30.3 Å². The van der Waals surface area contributed by atoms with Crippen LogP contribution in [-0.4, -0.2) is 30.6 Å². The van der Waals surface area contributed by atoms with Gasteiger partial charge in [0.1, 0.15) is 0 Å². The molecule has 4 heteroatoms. The number of halogens is 2. The van der Waals surface area contributed by atoms with E-state index in [-0.39, 0.29) is 18.2 Å². The molecular formula is C15H22F2N2. The highest BCUT2D eigenvalue weighted by atomic mass is 19.3. The Hall–Kier alpha value is -1.00. The summed E-state index contributed by atoms with van der Waals surface area (Å²) in [6.45, 7) is 3.04. The fourth-order valence-electron chi connectivity index (χ4n) is 2.94. The summed E-state index contributed by atoms with van der Waals surface area (Å²) >= 11 is 0. The minimum atomic E-state index is -2.81. The van der Waals surface area contributed by atoms with Gasteiger partial charge in [-0.3, -0.25) is 4.90 Å². The summed E-state index contributed by atoms with van der Waals surface area (Å²) in [6, 6.07) is 8.12. The fourth-order valence-corrected chi connectivity index (χ4v) is 2.94. The van der Waals surface area contributed by atoms with Crippen LogP contribution >= 0.6 is 0 Å². The number of rotatable bonds is 4. The Morgan fingerprint density at radius 2 is 2.00 bits per heavy atom. The van der Waals surface area contributed by atoms with Gasteiger partial charge in [-0.2, -0.15) is 8.78 Å². The van der Waals surface area contributed by atoms with Crippen molar-refractivity contribution in [1.29, 1.82) is 0 Å². The van der Waals surface area contributed by atoms with E-state index in [2.05, 4.69) is 6.92 Å². The van der Waals surface area contributed by atoms with Crippen LogP contribution in [0.3, 0.4) is 0 Å². The number of likely N-dealkylation sites (tertiary alicyclic amines) is 1. The number of hydrogen-bond donors (Lipinski definition) is 1. The zero-order chi connectivity index (χ0) is 13.9. The zero-order valence-corrected chi connectivity index (χ0v) is 11.4. The Morgan fingerprint density at radius 1 is 1.32 bits per heavy atom. The molecule has 1 saturated heterocycles. The normalized spacial score (nSPS) is 25.5. The average molecular weight is 268 g/mol. The highest BCUT2D eigenvalue weighted by Gasteiger charge is 2.38. The van der Waals surface area contributed by atoms with Crippen molar-refractivity contribution in [1.82, 2.24) is 4.90 Å². The smallest absolute Gasteiger partial charge is 0.285 e. The first-order valence-electron chi connectivity index (χ1n) is 6.92. The standard InChI is InChI=1S/C15H22F2N2/c1-12-6-5-9-19(14(12)10-18)11-15(16,17)13-7-3-2-4-8-13/h2-4,7-8,12,14H,5-6,9-11,18H2,1H3. The molecule has 0 saturated carbocycles. The topological polar surface area (TPSA) is 29.3 Å². The summed E-state index contributed by atoms with van der Waals surface area (Å²) in [5, 5.41) is 0. The van der Waals surface area contributed by atoms with E-state index in [4.69, 9.17) is 5.73 Å². The zero-order valence-electron chi connectivity index (χ0n) is 11.4. The highest BCUT2D eigenvalue weighted by molar-refractivity contribution is 5.20. The van der Waals surface area contributed by atoms with Gasteiger partial charge in [0.05, 0.1) is 6.54 Å². The van der Waals surface area contributed by atoms with Gasteiger partial charge in [0, 0.05) is 18.2 Å². The molecule has 2 rings (SSSR count). The number of benzene rings is 1. The summed E-state index contributed by atoms with van der Waals surface area (Å²) in [7, 11) is 0. The number of nitrogens with zero attached hydrogens (tertiary/aromatic N) is 1. The third-order valence-corrected chi connectivity index (χ3v) is 4.07. The molecule has 2 unspecified atom stereocenters. The van der Waals surface area contributed by atoms with Gasteiger partial charge >= 0.3 is 0 Å². The van der Waals surface area contributed by atoms with E-state index >= 15 is 0 Å². The van der Waals surface area contributed by atoms with Crippen molar-refractivity contribution in [3.8, 4) is 0 Å². The second kappa shape index (κ2) is 5.97. The molecule has 1 aromatic rings. The lowest BCUT2D eigenvalue weighted by Crippen LogP contribution is -2.51. The SMILES string of the molecule is CC1CCCN(CC(F)(F)c2ccccc2)C1CN. The number of alkyl halides is 2. The maximum atomic E-state index is 14.3. The minimum Gasteiger partial charge on any atom is -0.329 e. The molecule has 1 aliphatic rings. The van der Waals surface area contributed by atoms with Crippen LogP contribution in [0.5, 0.6) is 0 Å². The monoisotopic (exact) mass is 268 g/mol. The molecular weight excluding hydrogens is 246 g/mol. The number of hydrogen-bond acceptors (Lipinski definition) is 2. The Balaban J connectivity index is 2.10. The second-order valence-corrected chi connectivity index (χ2v) is 5.46. The molecule has 0 amide bonds. The molecule has 2 nitrogen and oxygen atoms in total. The van der Waals surface area contributed by atoms with Gasteiger partial charge in [-0.1, -0.05) is 37.3 Å². The molecule has 1 aromatic carbocycles. The van der Waals surface area contributed by atoms with Gasteiger partial charge in [-0.15, -0.1) is 0 Å². The van der Waals surface area contributed by atoms with Gasteiger partial charge in [0.2, 0.25) is 0 Å². The third-order valence-electron chi connectivity index (χ3n) is 4.07. The van der Waals surface area contributed by atoms with Crippen LogP contribution in [0.2, 0.25) is 0 Å². The molecule has 0 radical (unpaired) electrons. The molecule has 2 N–H and O–H groups in total. The van der Waals surface area contributed by atoms with Gasteiger partial charge in [-0.25, -0.2) is 0 Å². The molecule has 0 spiro atoms. The predicted molar refractivity (Wildman–Crippen MR) is 73.1 cm³/mol. The van der Waals surface area contributed by atoms with Crippen molar-refractivity contribution in [3.05, 3.63) is 35.9 Å². The first-order chi connectivity index (χ1) is 9.04. The van der Waals surface area contributed by atoms with Crippen LogP contribution in [-0.2, 0) is 5.92 Å². The van der Waals surface area contributed by atoms with E-state index in [9.17, 15) is 8.78 Å². The summed E-state index contributed by atoms with van der Waals surface area (Å²) in [6.07, 6.45) is 2.05. The van der Waals surface area contributed by atoms with E-state index in [1.807, 2.05) is 4.90 Å². The molecule has 106 valence electrons. The lowest BCUT2D eigenvalue weighted by atomic mass is 9.90. The van der Waals surface area contributed by atoms with Crippen LogP contribution in [0.4, 0.5) is 8.78 Å². The highest BCUT2D eigenvalue weighted by Crippen LogP contribution is 2.32. The van der Waals surface area contributed by atoms with Crippen molar-refractivity contribution in [2.24, 2.45) is 11.7 Å². The van der Waals surface area contributed by atoms with Gasteiger partial charge < -0.3 is 5.73 Å². The molecule has 1 aliphatic heterocycles. The molecule has 0 aliphatic carbocycles. The average Bonchev–Trinajstić information content (AvgIpc) is 2.40. The van der Waals surface area contributed by atoms with Crippen molar-refractivity contribution >= 4 is 0 Å². The van der Waals surface area contributed by atoms with Crippen molar-refractivity contribution < 1.29 is 8.78 Å². The van der Waals surface area contributed by atoms with Gasteiger partial charge in [0.15, 0.2) is 0 Å².